The molecule has 1 unspecified atom stereocenters. The first-order valence-corrected chi connectivity index (χ1v) is 7.00. The summed E-state index contributed by atoms with van der Waals surface area (Å²) in [6.45, 7) is 3.11. The van der Waals surface area contributed by atoms with E-state index >= 15 is 0 Å². The van der Waals surface area contributed by atoms with E-state index in [4.69, 9.17) is 16.9 Å². The number of hydrogen-bond acceptors (Lipinski definition) is 3. The Morgan fingerprint density at radius 1 is 1.56 bits per heavy atom. The Bertz CT molecular complexity index is 598. The molecule has 18 heavy (non-hydrogen) atoms. The Morgan fingerprint density at radius 3 is 2.67 bits per heavy atom. The SMILES string of the molecule is CCC(C)(C#N)NS(=O)(=O)c1cc(F)ccc1Cl. The van der Waals surface area contributed by atoms with Crippen molar-refractivity contribution in [3.63, 3.8) is 0 Å². The van der Waals surface area contributed by atoms with E-state index in [2.05, 4.69) is 4.72 Å². The quantitative estimate of drug-likeness (QED) is 0.926. The molecule has 0 radical (unpaired) electrons. The van der Waals surface area contributed by atoms with E-state index in [1.807, 2.05) is 6.07 Å². The molecule has 4 nitrogen and oxygen atoms in total. The molecule has 0 heterocycles. The van der Waals surface area contributed by atoms with Crippen molar-refractivity contribution in [2.24, 2.45) is 0 Å². The van der Waals surface area contributed by atoms with Crippen LogP contribution in [0, 0.1) is 17.1 Å². The maximum Gasteiger partial charge on any atom is 0.243 e. The van der Waals surface area contributed by atoms with Crippen LogP contribution in [0.4, 0.5) is 4.39 Å². The zero-order valence-corrected chi connectivity index (χ0v) is 11.4. The molecule has 0 saturated carbocycles. The Morgan fingerprint density at radius 2 is 2.17 bits per heavy atom. The first kappa shape index (κ1) is 14.9. The first-order chi connectivity index (χ1) is 8.24. The van der Waals surface area contributed by atoms with Gasteiger partial charge in [0.25, 0.3) is 0 Å². The lowest BCUT2D eigenvalue weighted by Crippen LogP contribution is -2.44. The van der Waals surface area contributed by atoms with Crippen LogP contribution < -0.4 is 4.72 Å². The van der Waals surface area contributed by atoms with Crippen LogP contribution in [0.5, 0.6) is 0 Å². The molecule has 1 N–H and O–H groups in total. The molecule has 0 bridgehead atoms. The minimum atomic E-state index is -4.04. The predicted octanol–water partition coefficient (Wildman–Crippen LogP) is 2.45. The van der Waals surface area contributed by atoms with Crippen molar-refractivity contribution in [1.29, 1.82) is 5.26 Å². The Hall–Kier alpha value is -1.16. The lowest BCUT2D eigenvalue weighted by molar-refractivity contribution is 0.494. The van der Waals surface area contributed by atoms with Gasteiger partial charge in [-0.25, -0.2) is 12.8 Å². The monoisotopic (exact) mass is 290 g/mol. The van der Waals surface area contributed by atoms with Gasteiger partial charge in [-0.1, -0.05) is 18.5 Å². The fraction of sp³-hybridized carbons (Fsp3) is 0.364. The van der Waals surface area contributed by atoms with Crippen molar-refractivity contribution in [2.75, 3.05) is 0 Å². The molecule has 7 heteroatoms. The van der Waals surface area contributed by atoms with Crippen molar-refractivity contribution in [3.05, 3.63) is 29.0 Å². The van der Waals surface area contributed by atoms with E-state index in [1.165, 1.54) is 6.92 Å². The van der Waals surface area contributed by atoms with Gasteiger partial charge in [0.1, 0.15) is 16.3 Å². The molecule has 0 aliphatic rings. The molecule has 0 saturated heterocycles. The molecule has 0 amide bonds. The predicted molar refractivity (Wildman–Crippen MR) is 66.0 cm³/mol. The summed E-state index contributed by atoms with van der Waals surface area (Å²) in [5.74, 6) is -0.713. The largest absolute Gasteiger partial charge is 0.243 e. The molecular formula is C11H12ClFN2O2S. The second-order valence-electron chi connectivity index (χ2n) is 3.98. The smallest absolute Gasteiger partial charge is 0.207 e. The highest BCUT2D eigenvalue weighted by molar-refractivity contribution is 7.89. The summed E-state index contributed by atoms with van der Waals surface area (Å²) in [5.41, 5.74) is -1.26. The number of hydrogen-bond donors (Lipinski definition) is 1. The summed E-state index contributed by atoms with van der Waals surface area (Å²) in [5, 5.41) is 8.84. The maximum absolute atomic E-state index is 13.1. The molecule has 0 aliphatic heterocycles. The van der Waals surface area contributed by atoms with Crippen LogP contribution in [-0.2, 0) is 10.0 Å². The number of benzene rings is 1. The van der Waals surface area contributed by atoms with Crippen LogP contribution >= 0.6 is 11.6 Å². The molecule has 1 aromatic carbocycles. The van der Waals surface area contributed by atoms with Gasteiger partial charge in [-0.3, -0.25) is 0 Å². The third kappa shape index (κ3) is 3.19. The van der Waals surface area contributed by atoms with Crippen molar-refractivity contribution < 1.29 is 12.8 Å². The standard InChI is InChI=1S/C11H12ClFN2O2S/c1-3-11(2,7-14)15-18(16,17)10-6-8(13)4-5-9(10)12/h4-6,15H,3H2,1-2H3. The van der Waals surface area contributed by atoms with Gasteiger partial charge >= 0.3 is 0 Å². The molecule has 0 fully saturated rings. The Balaban J connectivity index is 3.24. The van der Waals surface area contributed by atoms with E-state index < -0.39 is 21.4 Å². The summed E-state index contributed by atoms with van der Waals surface area (Å²) < 4.78 is 39.3. The number of nitriles is 1. The molecule has 0 aliphatic carbocycles. The van der Waals surface area contributed by atoms with E-state index in [-0.39, 0.29) is 16.3 Å². The summed E-state index contributed by atoms with van der Waals surface area (Å²) in [6.07, 6.45) is 0.273. The summed E-state index contributed by atoms with van der Waals surface area (Å²) in [6, 6.07) is 4.89. The lowest BCUT2D eigenvalue weighted by atomic mass is 10.0. The van der Waals surface area contributed by atoms with Gasteiger partial charge < -0.3 is 0 Å². The van der Waals surface area contributed by atoms with Gasteiger partial charge in [0.2, 0.25) is 10.0 Å². The van der Waals surface area contributed by atoms with Crippen LogP contribution in [0.3, 0.4) is 0 Å². The molecule has 0 spiro atoms. The average molecular weight is 291 g/mol. The number of rotatable bonds is 4. The minimum Gasteiger partial charge on any atom is -0.207 e. The van der Waals surface area contributed by atoms with Crippen LogP contribution in [0.1, 0.15) is 20.3 Å². The van der Waals surface area contributed by atoms with Crippen molar-refractivity contribution in [2.45, 2.75) is 30.7 Å². The fourth-order valence-corrected chi connectivity index (χ4v) is 3.12. The molecular weight excluding hydrogens is 279 g/mol. The second kappa shape index (κ2) is 5.22. The normalized spacial score (nSPS) is 14.8. The van der Waals surface area contributed by atoms with Crippen LogP contribution in [0.15, 0.2) is 23.1 Å². The Kier molecular flexibility index (Phi) is 4.32. The van der Waals surface area contributed by atoms with Gasteiger partial charge in [-0.05, 0) is 31.5 Å². The van der Waals surface area contributed by atoms with Crippen LogP contribution in [-0.4, -0.2) is 14.0 Å². The van der Waals surface area contributed by atoms with Crippen LogP contribution in [0.2, 0.25) is 5.02 Å². The molecule has 98 valence electrons. The number of nitrogens with zero attached hydrogens (tertiary/aromatic N) is 1. The van der Waals surface area contributed by atoms with Gasteiger partial charge in [0, 0.05) is 0 Å². The summed E-state index contributed by atoms with van der Waals surface area (Å²) >= 11 is 5.73. The fourth-order valence-electron chi connectivity index (χ4n) is 1.21. The van der Waals surface area contributed by atoms with Gasteiger partial charge in [0.15, 0.2) is 0 Å². The van der Waals surface area contributed by atoms with Gasteiger partial charge in [-0.2, -0.15) is 9.98 Å². The van der Waals surface area contributed by atoms with E-state index in [0.717, 1.165) is 18.2 Å². The third-order valence-corrected chi connectivity index (χ3v) is 4.57. The average Bonchev–Trinajstić information content (AvgIpc) is 2.31. The zero-order chi connectivity index (χ0) is 14.0. The lowest BCUT2D eigenvalue weighted by Gasteiger charge is -2.21. The third-order valence-electron chi connectivity index (χ3n) is 2.50. The second-order valence-corrected chi connectivity index (χ2v) is 6.04. The first-order valence-electron chi connectivity index (χ1n) is 5.14. The van der Waals surface area contributed by atoms with E-state index in [0.29, 0.717) is 0 Å². The topological polar surface area (TPSA) is 70.0 Å². The number of halogens is 2. The highest BCUT2D eigenvalue weighted by Gasteiger charge is 2.30. The molecule has 0 aromatic heterocycles. The number of nitrogens with one attached hydrogen (secondary N) is 1. The van der Waals surface area contributed by atoms with Crippen molar-refractivity contribution >= 4 is 21.6 Å². The minimum absolute atomic E-state index is 0.0970. The highest BCUT2D eigenvalue weighted by Crippen LogP contribution is 2.24. The van der Waals surface area contributed by atoms with Crippen LogP contribution in [0.25, 0.3) is 0 Å². The van der Waals surface area contributed by atoms with Gasteiger partial charge in [0.05, 0.1) is 11.1 Å². The maximum atomic E-state index is 13.1. The van der Waals surface area contributed by atoms with E-state index in [1.54, 1.807) is 6.92 Å². The highest BCUT2D eigenvalue weighted by atomic mass is 35.5. The van der Waals surface area contributed by atoms with Gasteiger partial charge in [-0.15, -0.1) is 0 Å². The zero-order valence-electron chi connectivity index (χ0n) is 9.87. The van der Waals surface area contributed by atoms with E-state index in [9.17, 15) is 12.8 Å². The molecule has 1 rings (SSSR count). The number of sulfonamides is 1. The van der Waals surface area contributed by atoms with Crippen molar-refractivity contribution in [3.8, 4) is 6.07 Å². The van der Waals surface area contributed by atoms with Crippen molar-refractivity contribution in [1.82, 2.24) is 4.72 Å². The summed E-state index contributed by atoms with van der Waals surface area (Å²) in [4.78, 5) is -0.376. The molecule has 1 atom stereocenters. The molecule has 1 aromatic rings. The Labute approximate surface area is 110 Å². The summed E-state index contributed by atoms with van der Waals surface area (Å²) in [7, 11) is -4.04.